The van der Waals surface area contributed by atoms with Crippen molar-refractivity contribution in [1.82, 2.24) is 0 Å². The van der Waals surface area contributed by atoms with Gasteiger partial charge in [0, 0.05) is 6.21 Å². The van der Waals surface area contributed by atoms with Crippen molar-refractivity contribution >= 4 is 17.2 Å². The largest absolute Gasteiger partial charge is 0.355 e. The van der Waals surface area contributed by atoms with Gasteiger partial charge in [-0.3, -0.25) is 0 Å². The molecule has 9 heavy (non-hydrogen) atoms. The van der Waals surface area contributed by atoms with E-state index >= 15 is 0 Å². The van der Waals surface area contributed by atoms with Crippen molar-refractivity contribution in [3.05, 3.63) is 0 Å². The van der Waals surface area contributed by atoms with Gasteiger partial charge in [-0.15, -0.1) is 0 Å². The van der Waals surface area contributed by atoms with Crippen LogP contribution in [0.2, 0.25) is 0 Å². The van der Waals surface area contributed by atoms with E-state index in [-0.39, 0.29) is 11.5 Å². The Balaban J connectivity index is 2.69. The summed E-state index contributed by atoms with van der Waals surface area (Å²) in [5.41, 5.74) is -0.325. The van der Waals surface area contributed by atoms with Crippen LogP contribution < -0.4 is 0 Å². The molecule has 0 saturated heterocycles. The molecule has 3 nitrogen and oxygen atoms in total. The molecule has 0 amide bonds. The molecule has 0 N–H and O–H groups in total. The van der Waals surface area contributed by atoms with Crippen LogP contribution in [0.5, 0.6) is 0 Å². The minimum Gasteiger partial charge on any atom is -0.355 e. The second kappa shape index (κ2) is 2.19. The maximum absolute atomic E-state index is 10.5. The van der Waals surface area contributed by atoms with Gasteiger partial charge < -0.3 is 4.74 Å². The first-order valence-corrected chi connectivity index (χ1v) is 3.95. The Labute approximate surface area is 56.7 Å². The zero-order valence-corrected chi connectivity index (χ0v) is 6.27. The maximum atomic E-state index is 10.5. The van der Waals surface area contributed by atoms with Gasteiger partial charge in [0.05, 0.1) is 5.60 Å². The van der Waals surface area contributed by atoms with Crippen molar-refractivity contribution in [3.8, 4) is 0 Å². The van der Waals surface area contributed by atoms with Crippen LogP contribution in [0.3, 0.4) is 0 Å². The van der Waals surface area contributed by atoms with E-state index in [4.69, 9.17) is 4.74 Å². The van der Waals surface area contributed by atoms with E-state index in [0.717, 1.165) is 0 Å². The first-order chi connectivity index (χ1) is 4.10. The van der Waals surface area contributed by atoms with Crippen LogP contribution >= 0.6 is 0 Å². The zero-order valence-electron chi connectivity index (χ0n) is 5.46. The van der Waals surface area contributed by atoms with Crippen LogP contribution in [-0.4, -0.2) is 22.0 Å². The van der Waals surface area contributed by atoms with E-state index in [1.54, 1.807) is 6.21 Å². The van der Waals surface area contributed by atoms with Crippen molar-refractivity contribution in [1.29, 1.82) is 0 Å². The second-order valence-corrected chi connectivity index (χ2v) is 3.51. The quantitative estimate of drug-likeness (QED) is 0.500. The van der Waals surface area contributed by atoms with Gasteiger partial charge in [-0.25, -0.2) is 4.21 Å². The standard InChI is InChI=1S/C5H9NO2S/c1-5(2)3-6-9(7)4-8-5/h3H,4H2,1-2H3. The minimum absolute atomic E-state index is 0.226. The lowest BCUT2D eigenvalue weighted by Crippen LogP contribution is -2.31. The first-order valence-electron chi connectivity index (χ1n) is 2.68. The third-order valence-corrected chi connectivity index (χ3v) is 1.67. The van der Waals surface area contributed by atoms with E-state index in [2.05, 4.69) is 4.40 Å². The second-order valence-electron chi connectivity index (χ2n) is 2.42. The van der Waals surface area contributed by atoms with Gasteiger partial charge in [-0.2, -0.15) is 4.40 Å². The molecule has 0 aromatic rings. The lowest BCUT2D eigenvalue weighted by Gasteiger charge is -2.22. The molecule has 0 radical (unpaired) electrons. The van der Waals surface area contributed by atoms with E-state index < -0.39 is 11.0 Å². The van der Waals surface area contributed by atoms with Crippen molar-refractivity contribution in [2.75, 3.05) is 5.94 Å². The molecular weight excluding hydrogens is 138 g/mol. The third kappa shape index (κ3) is 1.87. The smallest absolute Gasteiger partial charge is 0.165 e. The first kappa shape index (κ1) is 6.89. The van der Waals surface area contributed by atoms with Gasteiger partial charge in [0.15, 0.2) is 11.0 Å². The molecule has 0 aromatic carbocycles. The van der Waals surface area contributed by atoms with Crippen molar-refractivity contribution in [2.45, 2.75) is 19.4 Å². The molecule has 0 aliphatic carbocycles. The highest BCUT2D eigenvalue weighted by molar-refractivity contribution is 7.83. The normalized spacial score (nSPS) is 32.4. The summed E-state index contributed by atoms with van der Waals surface area (Å²) in [6, 6.07) is 0. The SMILES string of the molecule is CC1(C)C=NS(=O)CO1. The third-order valence-electron chi connectivity index (χ3n) is 1.01. The molecule has 1 aliphatic heterocycles. The lowest BCUT2D eigenvalue weighted by molar-refractivity contribution is 0.0700. The van der Waals surface area contributed by atoms with Crippen molar-refractivity contribution < 1.29 is 8.95 Å². The molecular formula is C5H9NO2S. The average molecular weight is 147 g/mol. The zero-order chi connectivity index (χ0) is 6.91. The Morgan fingerprint density at radius 2 is 2.44 bits per heavy atom. The molecule has 1 aliphatic rings. The summed E-state index contributed by atoms with van der Waals surface area (Å²) in [5.74, 6) is 0.226. The molecule has 1 unspecified atom stereocenters. The van der Waals surface area contributed by atoms with Gasteiger partial charge >= 0.3 is 0 Å². The van der Waals surface area contributed by atoms with E-state index in [1.807, 2.05) is 13.8 Å². The summed E-state index contributed by atoms with van der Waals surface area (Å²) in [7, 11) is -1.14. The number of hydrogen-bond donors (Lipinski definition) is 0. The van der Waals surface area contributed by atoms with Gasteiger partial charge in [0.25, 0.3) is 0 Å². The highest BCUT2D eigenvalue weighted by atomic mass is 32.2. The molecule has 1 heterocycles. The maximum Gasteiger partial charge on any atom is 0.165 e. The Morgan fingerprint density at radius 1 is 1.78 bits per heavy atom. The Kier molecular flexibility index (Phi) is 1.68. The van der Waals surface area contributed by atoms with Crippen molar-refractivity contribution in [2.24, 2.45) is 4.40 Å². The van der Waals surface area contributed by atoms with E-state index in [1.165, 1.54) is 0 Å². The Morgan fingerprint density at radius 3 is 2.78 bits per heavy atom. The van der Waals surface area contributed by atoms with Crippen LogP contribution in [0, 0.1) is 0 Å². The van der Waals surface area contributed by atoms with Crippen LogP contribution in [0.25, 0.3) is 0 Å². The topological polar surface area (TPSA) is 38.7 Å². The van der Waals surface area contributed by atoms with Gasteiger partial charge in [0.2, 0.25) is 0 Å². The molecule has 1 rings (SSSR count). The van der Waals surface area contributed by atoms with E-state index in [9.17, 15) is 4.21 Å². The number of nitrogens with zero attached hydrogens (tertiary/aromatic N) is 1. The van der Waals surface area contributed by atoms with Crippen LogP contribution in [0.4, 0.5) is 0 Å². The van der Waals surface area contributed by atoms with Gasteiger partial charge in [-0.1, -0.05) is 0 Å². The number of ether oxygens (including phenoxy) is 1. The minimum atomic E-state index is -1.14. The molecule has 4 heteroatoms. The summed E-state index contributed by atoms with van der Waals surface area (Å²) in [6.07, 6.45) is 1.58. The summed E-state index contributed by atoms with van der Waals surface area (Å²) >= 11 is 0. The molecule has 0 spiro atoms. The monoisotopic (exact) mass is 147 g/mol. The molecule has 0 aromatic heterocycles. The molecule has 0 saturated carbocycles. The Bertz CT molecular complexity index is 164. The molecule has 1 atom stereocenters. The predicted molar refractivity (Wildman–Crippen MR) is 36.7 cm³/mol. The van der Waals surface area contributed by atoms with Crippen LogP contribution in [-0.2, 0) is 15.7 Å². The highest BCUT2D eigenvalue weighted by Gasteiger charge is 2.20. The fourth-order valence-electron chi connectivity index (χ4n) is 0.456. The number of hydrogen-bond acceptors (Lipinski definition) is 2. The summed E-state index contributed by atoms with van der Waals surface area (Å²) in [5, 5.41) is 0. The molecule has 52 valence electrons. The number of rotatable bonds is 0. The van der Waals surface area contributed by atoms with E-state index in [0.29, 0.717) is 0 Å². The van der Waals surface area contributed by atoms with Crippen LogP contribution in [0.15, 0.2) is 4.40 Å². The average Bonchev–Trinajstić information content (AvgIpc) is 1.78. The highest BCUT2D eigenvalue weighted by Crippen LogP contribution is 2.10. The summed E-state index contributed by atoms with van der Waals surface area (Å²) in [6.45, 7) is 3.76. The lowest BCUT2D eigenvalue weighted by atomic mass is 10.2. The summed E-state index contributed by atoms with van der Waals surface area (Å²) in [4.78, 5) is 0. The Hall–Kier alpha value is -0.220. The van der Waals surface area contributed by atoms with Crippen LogP contribution in [0.1, 0.15) is 13.8 Å². The van der Waals surface area contributed by atoms with Gasteiger partial charge in [-0.05, 0) is 13.8 Å². The fraction of sp³-hybridized carbons (Fsp3) is 0.800. The van der Waals surface area contributed by atoms with Gasteiger partial charge in [0.1, 0.15) is 5.94 Å². The molecule has 0 bridgehead atoms. The molecule has 0 fully saturated rings. The van der Waals surface area contributed by atoms with Crippen molar-refractivity contribution in [3.63, 3.8) is 0 Å². The summed E-state index contributed by atoms with van der Waals surface area (Å²) < 4.78 is 19.4. The fourth-order valence-corrected chi connectivity index (χ4v) is 1.29. The predicted octanol–water partition coefficient (Wildman–Crippen LogP) is 0.487.